The lowest BCUT2D eigenvalue weighted by molar-refractivity contribution is 0.0536. The highest BCUT2D eigenvalue weighted by molar-refractivity contribution is 5.66. The Balaban J connectivity index is 1.64. The number of hydrogen-bond acceptors (Lipinski definition) is 4. The van der Waals surface area contributed by atoms with Crippen molar-refractivity contribution in [2.45, 2.75) is 26.6 Å². The van der Waals surface area contributed by atoms with E-state index in [9.17, 15) is 5.11 Å². The summed E-state index contributed by atoms with van der Waals surface area (Å²) in [5.74, 6) is 1.54. The lowest BCUT2D eigenvalue weighted by Gasteiger charge is -2.12. The van der Waals surface area contributed by atoms with Crippen molar-refractivity contribution in [1.82, 2.24) is 0 Å². The SMILES string of the molecule is Cc1cccc(COc2ccc(-c3ccc(OCC(O)CO)cc3)cc2C)c1. The first-order valence-corrected chi connectivity index (χ1v) is 9.36. The number of hydrogen-bond donors (Lipinski definition) is 2. The number of aliphatic hydroxyl groups excluding tert-OH is 2. The van der Waals surface area contributed by atoms with Gasteiger partial charge in [-0.15, -0.1) is 0 Å². The number of rotatable bonds is 8. The molecule has 0 bridgehead atoms. The van der Waals surface area contributed by atoms with Gasteiger partial charge in [0, 0.05) is 0 Å². The molecule has 3 rings (SSSR count). The molecular weight excluding hydrogens is 352 g/mol. The second kappa shape index (κ2) is 9.40. The van der Waals surface area contributed by atoms with E-state index in [0.717, 1.165) is 28.0 Å². The highest BCUT2D eigenvalue weighted by Crippen LogP contribution is 2.28. The molecule has 146 valence electrons. The van der Waals surface area contributed by atoms with Crippen molar-refractivity contribution >= 4 is 0 Å². The topological polar surface area (TPSA) is 58.9 Å². The van der Waals surface area contributed by atoms with Crippen LogP contribution in [-0.2, 0) is 6.61 Å². The monoisotopic (exact) mass is 378 g/mol. The van der Waals surface area contributed by atoms with Crippen molar-refractivity contribution in [2.24, 2.45) is 0 Å². The van der Waals surface area contributed by atoms with Gasteiger partial charge in [0.05, 0.1) is 6.61 Å². The molecule has 3 aromatic rings. The Morgan fingerprint density at radius 1 is 0.857 bits per heavy atom. The van der Waals surface area contributed by atoms with E-state index < -0.39 is 6.10 Å². The van der Waals surface area contributed by atoms with Gasteiger partial charge in [0.2, 0.25) is 0 Å². The fourth-order valence-corrected chi connectivity index (χ4v) is 2.94. The Morgan fingerprint density at radius 3 is 2.29 bits per heavy atom. The van der Waals surface area contributed by atoms with Gasteiger partial charge >= 0.3 is 0 Å². The van der Waals surface area contributed by atoms with Gasteiger partial charge in [0.15, 0.2) is 0 Å². The van der Waals surface area contributed by atoms with Crippen LogP contribution < -0.4 is 9.47 Å². The molecule has 3 aromatic carbocycles. The fourth-order valence-electron chi connectivity index (χ4n) is 2.94. The summed E-state index contributed by atoms with van der Waals surface area (Å²) in [6.07, 6.45) is -0.866. The zero-order chi connectivity index (χ0) is 19.9. The predicted octanol–water partition coefficient (Wildman–Crippen LogP) is 4.28. The maximum absolute atomic E-state index is 9.35. The summed E-state index contributed by atoms with van der Waals surface area (Å²) in [4.78, 5) is 0. The molecule has 2 N–H and O–H groups in total. The second-order valence-electron chi connectivity index (χ2n) is 6.93. The van der Waals surface area contributed by atoms with Gasteiger partial charge in [-0.2, -0.15) is 0 Å². The van der Waals surface area contributed by atoms with Crippen LogP contribution in [0, 0.1) is 13.8 Å². The van der Waals surface area contributed by atoms with Gasteiger partial charge in [0.25, 0.3) is 0 Å². The van der Waals surface area contributed by atoms with Crippen molar-refractivity contribution in [3.8, 4) is 22.6 Å². The van der Waals surface area contributed by atoms with Gasteiger partial charge in [0.1, 0.15) is 30.8 Å². The highest BCUT2D eigenvalue weighted by atomic mass is 16.5. The Labute approximate surface area is 166 Å². The van der Waals surface area contributed by atoms with Crippen LogP contribution in [0.2, 0.25) is 0 Å². The molecule has 4 heteroatoms. The summed E-state index contributed by atoms with van der Waals surface area (Å²) >= 11 is 0. The molecule has 0 aromatic heterocycles. The molecule has 0 saturated carbocycles. The van der Waals surface area contributed by atoms with Crippen LogP contribution in [0.5, 0.6) is 11.5 Å². The van der Waals surface area contributed by atoms with Crippen LogP contribution in [0.1, 0.15) is 16.7 Å². The first-order valence-electron chi connectivity index (χ1n) is 9.36. The molecule has 0 aliphatic carbocycles. The molecule has 1 atom stereocenters. The smallest absolute Gasteiger partial charge is 0.122 e. The average molecular weight is 378 g/mol. The number of ether oxygens (including phenoxy) is 2. The van der Waals surface area contributed by atoms with Crippen LogP contribution in [0.15, 0.2) is 66.7 Å². The lowest BCUT2D eigenvalue weighted by Crippen LogP contribution is -2.21. The maximum atomic E-state index is 9.35. The van der Waals surface area contributed by atoms with Gasteiger partial charge in [-0.25, -0.2) is 0 Å². The molecule has 28 heavy (non-hydrogen) atoms. The van der Waals surface area contributed by atoms with E-state index in [-0.39, 0.29) is 13.2 Å². The van der Waals surface area contributed by atoms with Crippen molar-refractivity contribution < 1.29 is 19.7 Å². The summed E-state index contributed by atoms with van der Waals surface area (Å²) < 4.78 is 11.4. The summed E-state index contributed by atoms with van der Waals surface area (Å²) in [6.45, 7) is 4.43. The van der Waals surface area contributed by atoms with E-state index in [1.807, 2.05) is 49.4 Å². The number of aliphatic hydroxyl groups is 2. The molecule has 0 radical (unpaired) electrons. The normalized spacial score (nSPS) is 11.9. The van der Waals surface area contributed by atoms with Crippen LogP contribution >= 0.6 is 0 Å². The lowest BCUT2D eigenvalue weighted by atomic mass is 10.0. The van der Waals surface area contributed by atoms with Crippen LogP contribution in [0.25, 0.3) is 11.1 Å². The Bertz CT molecular complexity index is 903. The summed E-state index contributed by atoms with van der Waals surface area (Å²) in [7, 11) is 0. The fraction of sp³-hybridized carbons (Fsp3) is 0.250. The molecule has 0 heterocycles. The van der Waals surface area contributed by atoms with E-state index in [1.165, 1.54) is 5.56 Å². The summed E-state index contributed by atoms with van der Waals surface area (Å²) in [5.41, 5.74) is 5.64. The van der Waals surface area contributed by atoms with Gasteiger partial charge in [-0.3, -0.25) is 0 Å². The van der Waals surface area contributed by atoms with E-state index >= 15 is 0 Å². The van der Waals surface area contributed by atoms with Crippen molar-refractivity contribution in [1.29, 1.82) is 0 Å². The minimum Gasteiger partial charge on any atom is -0.491 e. The Kier molecular flexibility index (Phi) is 6.69. The average Bonchev–Trinajstić information content (AvgIpc) is 2.71. The summed E-state index contributed by atoms with van der Waals surface area (Å²) in [6, 6.07) is 22.1. The largest absolute Gasteiger partial charge is 0.491 e. The minimum atomic E-state index is -0.866. The first kappa shape index (κ1) is 19.9. The molecule has 4 nitrogen and oxygen atoms in total. The third kappa shape index (κ3) is 5.35. The van der Waals surface area contributed by atoms with E-state index in [0.29, 0.717) is 12.4 Å². The molecule has 0 spiro atoms. The van der Waals surface area contributed by atoms with Gasteiger partial charge in [-0.05, 0) is 60.4 Å². The van der Waals surface area contributed by atoms with Gasteiger partial charge in [-0.1, -0.05) is 48.0 Å². The summed E-state index contributed by atoms with van der Waals surface area (Å²) in [5, 5.41) is 18.2. The highest BCUT2D eigenvalue weighted by Gasteiger charge is 2.06. The van der Waals surface area contributed by atoms with Crippen molar-refractivity contribution in [3.05, 3.63) is 83.4 Å². The van der Waals surface area contributed by atoms with E-state index in [2.05, 4.69) is 31.2 Å². The molecule has 0 fully saturated rings. The first-order chi connectivity index (χ1) is 13.5. The van der Waals surface area contributed by atoms with Crippen molar-refractivity contribution in [3.63, 3.8) is 0 Å². The van der Waals surface area contributed by atoms with E-state index in [1.54, 1.807) is 0 Å². The minimum absolute atomic E-state index is 0.0714. The quantitative estimate of drug-likeness (QED) is 0.614. The Hall–Kier alpha value is -2.82. The molecule has 1 unspecified atom stereocenters. The molecule has 0 amide bonds. The third-order valence-electron chi connectivity index (χ3n) is 4.49. The zero-order valence-electron chi connectivity index (χ0n) is 16.3. The molecule has 0 aliphatic rings. The number of benzene rings is 3. The van der Waals surface area contributed by atoms with E-state index in [4.69, 9.17) is 14.6 Å². The predicted molar refractivity (Wildman–Crippen MR) is 111 cm³/mol. The molecule has 0 aliphatic heterocycles. The van der Waals surface area contributed by atoms with Crippen LogP contribution in [0.3, 0.4) is 0 Å². The second-order valence-corrected chi connectivity index (χ2v) is 6.93. The standard InChI is InChI=1S/C24H26O4/c1-17-4-3-5-19(12-17)15-28-24-11-8-21(13-18(24)2)20-6-9-23(10-7-20)27-16-22(26)14-25/h3-13,22,25-26H,14-16H2,1-2H3. The van der Waals surface area contributed by atoms with Gasteiger partial charge < -0.3 is 19.7 Å². The molecule has 0 saturated heterocycles. The Morgan fingerprint density at radius 2 is 1.61 bits per heavy atom. The third-order valence-corrected chi connectivity index (χ3v) is 4.49. The van der Waals surface area contributed by atoms with Crippen LogP contribution in [0.4, 0.5) is 0 Å². The van der Waals surface area contributed by atoms with Crippen LogP contribution in [-0.4, -0.2) is 29.5 Å². The van der Waals surface area contributed by atoms with Crippen molar-refractivity contribution in [2.75, 3.05) is 13.2 Å². The molecular formula is C24H26O4. The maximum Gasteiger partial charge on any atom is 0.122 e. The number of aryl methyl sites for hydroxylation is 2. The zero-order valence-corrected chi connectivity index (χ0v) is 16.3.